The lowest BCUT2D eigenvalue weighted by Crippen LogP contribution is -2.45. The Hall–Kier alpha value is -3.01. The molecule has 5 nitrogen and oxygen atoms in total. The number of aryl methyl sites for hydroxylation is 1. The molecule has 0 aliphatic carbocycles. The van der Waals surface area contributed by atoms with Crippen molar-refractivity contribution in [2.75, 3.05) is 13.1 Å². The molecule has 0 bridgehead atoms. The Morgan fingerprint density at radius 3 is 2.52 bits per heavy atom. The van der Waals surface area contributed by atoms with Crippen molar-refractivity contribution in [3.05, 3.63) is 64.7 Å². The fraction of sp³-hybridized carbons (Fsp3) is 0.261. The third kappa shape index (κ3) is 4.07. The summed E-state index contributed by atoms with van der Waals surface area (Å²) in [6, 6.07) is 17.7. The fourth-order valence-corrected chi connectivity index (χ4v) is 4.60. The van der Waals surface area contributed by atoms with E-state index in [1.165, 1.54) is 16.9 Å². The Morgan fingerprint density at radius 1 is 1.17 bits per heavy atom. The van der Waals surface area contributed by atoms with Crippen molar-refractivity contribution in [1.82, 2.24) is 9.88 Å². The number of nitrogens with two attached hydrogens (primary N) is 1. The van der Waals surface area contributed by atoms with E-state index < -0.39 is 0 Å². The summed E-state index contributed by atoms with van der Waals surface area (Å²) in [5.41, 5.74) is 10.5. The number of carbonyl (C=O) groups excluding carboxylic acids is 1. The summed E-state index contributed by atoms with van der Waals surface area (Å²) >= 11 is 1.42. The van der Waals surface area contributed by atoms with Crippen molar-refractivity contribution < 1.29 is 4.79 Å². The number of nitrogens with zero attached hydrogens (tertiary/aromatic N) is 3. The molecule has 1 amide bonds. The molecule has 146 valence electrons. The maximum absolute atomic E-state index is 13.1. The SMILES string of the molecule is Cc1ccc(-c2sc(C(=O)N3CCC[C@@H](N)C3)nc2-c2ccc(C#N)cc2)cc1. The Bertz CT molecular complexity index is 1060. The predicted molar refractivity (Wildman–Crippen MR) is 116 cm³/mol. The van der Waals surface area contributed by atoms with E-state index in [1.807, 2.05) is 24.0 Å². The van der Waals surface area contributed by atoms with Gasteiger partial charge in [-0.2, -0.15) is 5.26 Å². The van der Waals surface area contributed by atoms with Crippen LogP contribution >= 0.6 is 11.3 Å². The number of hydrogen-bond donors (Lipinski definition) is 1. The minimum atomic E-state index is -0.0570. The van der Waals surface area contributed by atoms with Crippen LogP contribution in [0.15, 0.2) is 48.5 Å². The molecule has 2 aromatic carbocycles. The standard InChI is InChI=1S/C23H22N4OS/c1-15-4-8-18(9-5-15)21-20(17-10-6-16(13-24)7-11-17)26-22(29-21)23(28)27-12-2-3-19(25)14-27/h4-11,19H,2-3,12,14,25H2,1H3/t19-/m1/s1. The number of nitriles is 1. The maximum atomic E-state index is 13.1. The molecule has 29 heavy (non-hydrogen) atoms. The topological polar surface area (TPSA) is 83.0 Å². The van der Waals surface area contributed by atoms with Gasteiger partial charge >= 0.3 is 0 Å². The van der Waals surface area contributed by atoms with Crippen molar-refractivity contribution in [3.8, 4) is 27.8 Å². The number of likely N-dealkylation sites (tertiary alicyclic amines) is 1. The minimum absolute atomic E-state index is 0.0298. The highest BCUT2D eigenvalue weighted by Gasteiger charge is 2.26. The van der Waals surface area contributed by atoms with Gasteiger partial charge in [0.15, 0.2) is 5.01 Å². The lowest BCUT2D eigenvalue weighted by Gasteiger charge is -2.30. The third-order valence-corrected chi connectivity index (χ3v) is 6.25. The maximum Gasteiger partial charge on any atom is 0.282 e. The highest BCUT2D eigenvalue weighted by molar-refractivity contribution is 7.17. The summed E-state index contributed by atoms with van der Waals surface area (Å²) in [4.78, 5) is 20.6. The van der Waals surface area contributed by atoms with Crippen LogP contribution < -0.4 is 5.73 Å². The molecule has 2 heterocycles. The molecule has 1 aliphatic heterocycles. The van der Waals surface area contributed by atoms with Crippen molar-refractivity contribution in [2.24, 2.45) is 5.73 Å². The number of rotatable bonds is 3. The van der Waals surface area contributed by atoms with E-state index in [1.54, 1.807) is 12.1 Å². The van der Waals surface area contributed by atoms with Crippen LogP contribution in [-0.4, -0.2) is 34.9 Å². The van der Waals surface area contributed by atoms with Crippen LogP contribution in [0.25, 0.3) is 21.7 Å². The van der Waals surface area contributed by atoms with Crippen LogP contribution in [0.5, 0.6) is 0 Å². The van der Waals surface area contributed by atoms with Crippen molar-refractivity contribution in [1.29, 1.82) is 5.26 Å². The summed E-state index contributed by atoms with van der Waals surface area (Å²) in [5, 5.41) is 9.56. The largest absolute Gasteiger partial charge is 0.335 e. The van der Waals surface area contributed by atoms with E-state index in [9.17, 15) is 4.79 Å². The summed E-state index contributed by atoms with van der Waals surface area (Å²) < 4.78 is 0. The Morgan fingerprint density at radius 2 is 1.86 bits per heavy atom. The van der Waals surface area contributed by atoms with Crippen molar-refractivity contribution in [2.45, 2.75) is 25.8 Å². The molecule has 3 aromatic rings. The first-order valence-corrected chi connectivity index (χ1v) is 10.5. The predicted octanol–water partition coefficient (Wildman–Crippen LogP) is 4.22. The molecule has 0 saturated carbocycles. The molecule has 1 fully saturated rings. The van der Waals surface area contributed by atoms with Crippen LogP contribution in [0.1, 0.15) is 33.8 Å². The number of piperidine rings is 1. The second kappa shape index (κ2) is 8.16. The van der Waals surface area contributed by atoms with Gasteiger partial charge in [0, 0.05) is 24.7 Å². The molecule has 0 radical (unpaired) electrons. The normalized spacial score (nSPS) is 16.4. The van der Waals surface area contributed by atoms with E-state index >= 15 is 0 Å². The molecule has 0 unspecified atom stereocenters. The van der Waals surface area contributed by atoms with Gasteiger partial charge in [-0.15, -0.1) is 11.3 Å². The molecule has 1 aliphatic rings. The Balaban J connectivity index is 1.76. The first-order chi connectivity index (χ1) is 14.0. The first-order valence-electron chi connectivity index (χ1n) is 9.68. The zero-order valence-corrected chi connectivity index (χ0v) is 17.1. The van der Waals surface area contributed by atoms with Gasteiger partial charge in [0.05, 0.1) is 22.2 Å². The molecule has 4 rings (SSSR count). The number of amides is 1. The van der Waals surface area contributed by atoms with Crippen LogP contribution in [0.3, 0.4) is 0 Å². The molecule has 2 N–H and O–H groups in total. The quantitative estimate of drug-likeness (QED) is 0.711. The van der Waals surface area contributed by atoms with E-state index in [0.717, 1.165) is 41.1 Å². The number of thiazole rings is 1. The summed E-state index contributed by atoms with van der Waals surface area (Å²) in [6.07, 6.45) is 1.87. The lowest BCUT2D eigenvalue weighted by atomic mass is 10.0. The summed E-state index contributed by atoms with van der Waals surface area (Å²) in [6.45, 7) is 3.34. The van der Waals surface area contributed by atoms with Gasteiger partial charge in [0.1, 0.15) is 0 Å². The fourth-order valence-electron chi connectivity index (χ4n) is 3.54. The number of carbonyl (C=O) groups is 1. The molecule has 1 aromatic heterocycles. The second-order valence-corrected chi connectivity index (χ2v) is 8.40. The van der Waals surface area contributed by atoms with Crippen LogP contribution in [-0.2, 0) is 0 Å². The highest BCUT2D eigenvalue weighted by Crippen LogP contribution is 2.37. The third-order valence-electron chi connectivity index (χ3n) is 5.16. The van der Waals surface area contributed by atoms with Gasteiger partial charge < -0.3 is 10.6 Å². The highest BCUT2D eigenvalue weighted by atomic mass is 32.1. The van der Waals surface area contributed by atoms with Gasteiger partial charge in [0.2, 0.25) is 0 Å². The summed E-state index contributed by atoms with van der Waals surface area (Å²) in [5.74, 6) is -0.0570. The van der Waals surface area contributed by atoms with E-state index in [-0.39, 0.29) is 11.9 Å². The number of hydrogen-bond acceptors (Lipinski definition) is 5. The Kier molecular flexibility index (Phi) is 5.43. The minimum Gasteiger partial charge on any atom is -0.335 e. The Labute approximate surface area is 174 Å². The van der Waals surface area contributed by atoms with E-state index in [2.05, 4.69) is 30.3 Å². The van der Waals surface area contributed by atoms with Crippen molar-refractivity contribution >= 4 is 17.2 Å². The average Bonchev–Trinajstić information content (AvgIpc) is 3.19. The summed E-state index contributed by atoms with van der Waals surface area (Å²) in [7, 11) is 0. The zero-order valence-electron chi connectivity index (χ0n) is 16.3. The first kappa shape index (κ1) is 19.3. The van der Waals surface area contributed by atoms with Crippen LogP contribution in [0.2, 0.25) is 0 Å². The van der Waals surface area contributed by atoms with Crippen LogP contribution in [0.4, 0.5) is 0 Å². The van der Waals surface area contributed by atoms with Gasteiger partial charge in [-0.25, -0.2) is 4.98 Å². The molecular weight excluding hydrogens is 380 g/mol. The molecule has 1 saturated heterocycles. The molecular formula is C23H22N4OS. The average molecular weight is 403 g/mol. The van der Waals surface area contributed by atoms with Gasteiger partial charge in [-0.3, -0.25) is 4.79 Å². The molecule has 6 heteroatoms. The van der Waals surface area contributed by atoms with Crippen LogP contribution in [0, 0.1) is 18.3 Å². The lowest BCUT2D eigenvalue weighted by molar-refractivity contribution is 0.0708. The number of benzene rings is 2. The van der Waals surface area contributed by atoms with Gasteiger partial charge in [0.25, 0.3) is 5.91 Å². The van der Waals surface area contributed by atoms with E-state index in [0.29, 0.717) is 17.1 Å². The molecule has 1 atom stereocenters. The monoisotopic (exact) mass is 402 g/mol. The van der Waals surface area contributed by atoms with E-state index in [4.69, 9.17) is 16.0 Å². The van der Waals surface area contributed by atoms with Gasteiger partial charge in [-0.1, -0.05) is 42.0 Å². The smallest absolute Gasteiger partial charge is 0.282 e. The van der Waals surface area contributed by atoms with Gasteiger partial charge in [-0.05, 0) is 37.5 Å². The van der Waals surface area contributed by atoms with Crippen molar-refractivity contribution in [3.63, 3.8) is 0 Å². The number of aromatic nitrogens is 1. The second-order valence-electron chi connectivity index (χ2n) is 7.41. The molecule has 0 spiro atoms. The zero-order chi connectivity index (χ0) is 20.4.